The van der Waals surface area contributed by atoms with Crippen molar-refractivity contribution in [1.82, 2.24) is 0 Å². The minimum atomic E-state index is -0.360. The fraction of sp³-hybridized carbons (Fsp3) is 0.267. The molecule has 0 aliphatic heterocycles. The molecular formula is C15H16O4. The Balaban J connectivity index is 2.55. The molecule has 0 aromatic heterocycles. The second-order valence-electron chi connectivity index (χ2n) is 3.85. The topological polar surface area (TPSA) is 60.4 Å². The quantitative estimate of drug-likeness (QED) is 0.327. The average molecular weight is 260 g/mol. The van der Waals surface area contributed by atoms with Gasteiger partial charge in [0.1, 0.15) is 6.29 Å². The molecule has 100 valence electrons. The molecule has 0 saturated heterocycles. The van der Waals surface area contributed by atoms with Crippen LogP contribution in [0.15, 0.2) is 30.3 Å². The van der Waals surface area contributed by atoms with Crippen LogP contribution in [0, 0.1) is 0 Å². The summed E-state index contributed by atoms with van der Waals surface area (Å²) in [6.07, 6.45) is 3.97. The van der Waals surface area contributed by atoms with E-state index in [1.807, 2.05) is 0 Å². The van der Waals surface area contributed by atoms with Crippen LogP contribution in [0.1, 0.15) is 35.7 Å². The number of hydrogen-bond donors (Lipinski definition) is 0. The second-order valence-corrected chi connectivity index (χ2v) is 3.85. The van der Waals surface area contributed by atoms with Crippen LogP contribution in [0.3, 0.4) is 0 Å². The molecule has 1 aromatic carbocycles. The number of ether oxygens (including phenoxy) is 1. The number of hydrogen-bond acceptors (Lipinski definition) is 4. The van der Waals surface area contributed by atoms with Gasteiger partial charge >= 0.3 is 5.97 Å². The normalized spacial score (nSPS) is 10.4. The molecule has 1 rings (SSSR count). The number of allylic oxidation sites excluding steroid dienone is 1. The molecule has 0 aliphatic carbocycles. The Hall–Kier alpha value is -2.23. The minimum absolute atomic E-state index is 0.0967. The van der Waals surface area contributed by atoms with Gasteiger partial charge in [0.2, 0.25) is 0 Å². The van der Waals surface area contributed by atoms with Crippen molar-refractivity contribution in [3.8, 4) is 0 Å². The van der Waals surface area contributed by atoms with E-state index in [4.69, 9.17) is 4.74 Å². The summed E-state index contributed by atoms with van der Waals surface area (Å²) in [6.45, 7) is 2.05. The van der Waals surface area contributed by atoms with Gasteiger partial charge < -0.3 is 4.74 Å². The van der Waals surface area contributed by atoms with Gasteiger partial charge in [0.25, 0.3) is 0 Å². The van der Waals surface area contributed by atoms with Crippen molar-refractivity contribution in [3.63, 3.8) is 0 Å². The summed E-state index contributed by atoms with van der Waals surface area (Å²) >= 11 is 0. The van der Waals surface area contributed by atoms with E-state index < -0.39 is 0 Å². The molecule has 4 nitrogen and oxygen atoms in total. The monoisotopic (exact) mass is 260 g/mol. The van der Waals surface area contributed by atoms with Crippen molar-refractivity contribution in [3.05, 3.63) is 41.5 Å². The molecule has 0 heterocycles. The summed E-state index contributed by atoms with van der Waals surface area (Å²) in [4.78, 5) is 33.1. The third kappa shape index (κ3) is 5.29. The fourth-order valence-corrected chi connectivity index (χ4v) is 1.52. The number of rotatable bonds is 7. The number of benzene rings is 1. The van der Waals surface area contributed by atoms with E-state index in [0.717, 1.165) is 5.56 Å². The lowest BCUT2D eigenvalue weighted by Crippen LogP contribution is -2.07. The fourth-order valence-electron chi connectivity index (χ4n) is 1.52. The number of aldehydes is 1. The Kier molecular flexibility index (Phi) is 6.22. The number of carbonyl (C=O) groups is 3. The Morgan fingerprint density at radius 3 is 2.42 bits per heavy atom. The van der Waals surface area contributed by atoms with Crippen LogP contribution in [-0.2, 0) is 14.3 Å². The molecule has 0 spiro atoms. The summed E-state index contributed by atoms with van der Waals surface area (Å²) < 4.78 is 4.76. The van der Waals surface area contributed by atoms with Crippen LogP contribution in [-0.4, -0.2) is 24.6 Å². The highest BCUT2D eigenvalue weighted by Gasteiger charge is 2.09. The average Bonchev–Trinajstić information content (AvgIpc) is 2.43. The van der Waals surface area contributed by atoms with Crippen LogP contribution < -0.4 is 0 Å². The predicted octanol–water partition coefficient (Wildman–Crippen LogP) is 2.42. The third-order valence-electron chi connectivity index (χ3n) is 2.46. The number of Topliss-reactive ketones (excluding diaryl/α,β-unsaturated/α-hetero) is 1. The maximum atomic E-state index is 11.8. The highest BCUT2D eigenvalue weighted by Crippen LogP contribution is 2.09. The van der Waals surface area contributed by atoms with Gasteiger partial charge in [0, 0.05) is 12.0 Å². The Morgan fingerprint density at radius 1 is 1.16 bits per heavy atom. The van der Waals surface area contributed by atoms with Crippen molar-refractivity contribution in [2.24, 2.45) is 0 Å². The summed E-state index contributed by atoms with van der Waals surface area (Å²) in [5.41, 5.74) is 1.39. The van der Waals surface area contributed by atoms with E-state index in [-0.39, 0.29) is 24.6 Å². The summed E-state index contributed by atoms with van der Waals surface area (Å²) in [6, 6.07) is 6.85. The molecular weight excluding hydrogens is 244 g/mol. The highest BCUT2D eigenvalue weighted by atomic mass is 16.5. The largest absolute Gasteiger partial charge is 0.466 e. The first-order valence-corrected chi connectivity index (χ1v) is 6.08. The summed E-state index contributed by atoms with van der Waals surface area (Å²) in [5.74, 6) is -0.458. The van der Waals surface area contributed by atoms with Crippen LogP contribution in [0.5, 0.6) is 0 Å². The maximum absolute atomic E-state index is 11.8. The van der Waals surface area contributed by atoms with Crippen molar-refractivity contribution in [1.29, 1.82) is 0 Å². The first kappa shape index (κ1) is 14.8. The first-order chi connectivity index (χ1) is 9.17. The Morgan fingerprint density at radius 2 is 1.84 bits per heavy atom. The van der Waals surface area contributed by atoms with Crippen LogP contribution in [0.4, 0.5) is 0 Å². The third-order valence-corrected chi connectivity index (χ3v) is 2.46. The first-order valence-electron chi connectivity index (χ1n) is 6.08. The molecule has 0 aliphatic rings. The summed E-state index contributed by atoms with van der Waals surface area (Å²) in [5, 5.41) is 0. The maximum Gasteiger partial charge on any atom is 0.306 e. The van der Waals surface area contributed by atoms with Gasteiger partial charge in [-0.25, -0.2) is 0 Å². The van der Waals surface area contributed by atoms with Crippen molar-refractivity contribution < 1.29 is 19.1 Å². The zero-order valence-corrected chi connectivity index (χ0v) is 10.8. The number of esters is 1. The molecule has 0 unspecified atom stereocenters. The zero-order valence-electron chi connectivity index (χ0n) is 10.8. The number of ketones is 1. The molecule has 0 amide bonds. The summed E-state index contributed by atoms with van der Waals surface area (Å²) in [7, 11) is 0. The lowest BCUT2D eigenvalue weighted by molar-refractivity contribution is -0.143. The molecule has 0 saturated carbocycles. The van der Waals surface area contributed by atoms with E-state index in [2.05, 4.69) is 0 Å². The van der Waals surface area contributed by atoms with Crippen molar-refractivity contribution >= 4 is 24.1 Å². The minimum Gasteiger partial charge on any atom is -0.466 e. The van der Waals surface area contributed by atoms with Gasteiger partial charge in [-0.05, 0) is 18.6 Å². The smallest absolute Gasteiger partial charge is 0.306 e. The van der Waals surface area contributed by atoms with Gasteiger partial charge in [-0.15, -0.1) is 0 Å². The highest BCUT2D eigenvalue weighted by molar-refractivity contribution is 5.97. The van der Waals surface area contributed by atoms with Crippen molar-refractivity contribution in [2.45, 2.75) is 19.8 Å². The SMILES string of the molecule is CCOC(=O)CCC(=O)c1ccc(C=CC=O)cc1. The van der Waals surface area contributed by atoms with Gasteiger partial charge in [-0.1, -0.05) is 30.3 Å². The molecule has 0 bridgehead atoms. The Bertz CT molecular complexity index is 471. The van der Waals surface area contributed by atoms with Gasteiger partial charge in [-0.3, -0.25) is 14.4 Å². The number of carbonyl (C=O) groups excluding carboxylic acids is 3. The molecule has 19 heavy (non-hydrogen) atoms. The lowest BCUT2D eigenvalue weighted by atomic mass is 10.0. The Labute approximate surface area is 112 Å². The zero-order chi connectivity index (χ0) is 14.1. The van der Waals surface area contributed by atoms with E-state index in [1.54, 1.807) is 37.3 Å². The van der Waals surface area contributed by atoms with Crippen LogP contribution >= 0.6 is 0 Å². The standard InChI is InChI=1S/C15H16O4/c1-2-19-15(18)10-9-14(17)13-7-5-12(6-8-13)4-3-11-16/h3-8,11H,2,9-10H2,1H3. The van der Waals surface area contributed by atoms with E-state index in [0.29, 0.717) is 18.5 Å². The van der Waals surface area contributed by atoms with E-state index in [1.165, 1.54) is 6.08 Å². The molecule has 0 radical (unpaired) electrons. The van der Waals surface area contributed by atoms with E-state index in [9.17, 15) is 14.4 Å². The molecule has 0 fully saturated rings. The molecule has 1 aromatic rings. The van der Waals surface area contributed by atoms with E-state index >= 15 is 0 Å². The molecule has 0 N–H and O–H groups in total. The van der Waals surface area contributed by atoms with Gasteiger partial charge in [0.15, 0.2) is 5.78 Å². The van der Waals surface area contributed by atoms with Crippen LogP contribution in [0.25, 0.3) is 6.08 Å². The molecule has 0 atom stereocenters. The van der Waals surface area contributed by atoms with Crippen LogP contribution in [0.2, 0.25) is 0 Å². The molecule has 4 heteroatoms. The lowest BCUT2D eigenvalue weighted by Gasteiger charge is -2.02. The second kappa shape index (κ2) is 7.97. The van der Waals surface area contributed by atoms with Gasteiger partial charge in [-0.2, -0.15) is 0 Å². The van der Waals surface area contributed by atoms with Crippen molar-refractivity contribution in [2.75, 3.05) is 6.61 Å². The van der Waals surface area contributed by atoms with Gasteiger partial charge in [0.05, 0.1) is 13.0 Å². The predicted molar refractivity (Wildman–Crippen MR) is 71.7 cm³/mol.